The minimum absolute atomic E-state index is 0.00804. The third-order valence-corrected chi connectivity index (χ3v) is 5.74. The largest absolute Gasteiger partial charge is 0.747 e. The van der Waals surface area contributed by atoms with Gasteiger partial charge in [-0.2, -0.15) is 0 Å². The SMILES string of the molecule is CCCCCOC(=O)CC(C(=O)OCCCCC)C(C(=O)OCCCCC)S(=O)(=O)[O-]. The molecule has 0 aliphatic heterocycles. The molecule has 0 radical (unpaired) electrons. The number of hydrogen-bond acceptors (Lipinski definition) is 9. The second-order valence-corrected chi connectivity index (χ2v) is 8.89. The fourth-order valence-corrected chi connectivity index (χ4v) is 3.73. The maximum absolute atomic E-state index is 12.5. The molecule has 0 bridgehead atoms. The molecule has 0 aliphatic rings. The summed E-state index contributed by atoms with van der Waals surface area (Å²) in [6, 6.07) is 0. The highest BCUT2D eigenvalue weighted by molar-refractivity contribution is 7.87. The molecule has 0 heterocycles. The molecular weight excluding hydrogens is 428 g/mol. The monoisotopic (exact) mass is 465 g/mol. The molecule has 0 spiro atoms. The topological polar surface area (TPSA) is 136 Å². The summed E-state index contributed by atoms with van der Waals surface area (Å²) < 4.78 is 50.6. The standard InChI is InChI=1S/C21H38O9S/c1-4-7-10-13-28-18(22)16-17(20(23)29-14-11-8-5-2)19(31(25,26)27)21(24)30-15-12-9-6-3/h17,19H,4-16H2,1-3H3,(H,25,26,27)/p-1. The molecule has 31 heavy (non-hydrogen) atoms. The Balaban J connectivity index is 5.40. The minimum atomic E-state index is -5.29. The lowest BCUT2D eigenvalue weighted by Crippen LogP contribution is -2.44. The first-order valence-electron chi connectivity index (χ1n) is 11.1. The summed E-state index contributed by atoms with van der Waals surface area (Å²) in [6.07, 6.45) is 5.85. The predicted molar refractivity (Wildman–Crippen MR) is 113 cm³/mol. The Morgan fingerprint density at radius 2 is 1.13 bits per heavy atom. The predicted octanol–water partition coefficient (Wildman–Crippen LogP) is 3.11. The van der Waals surface area contributed by atoms with E-state index < -0.39 is 45.6 Å². The van der Waals surface area contributed by atoms with Crippen LogP contribution in [0.1, 0.15) is 85.0 Å². The lowest BCUT2D eigenvalue weighted by atomic mass is 10.0. The van der Waals surface area contributed by atoms with Gasteiger partial charge in [-0.15, -0.1) is 0 Å². The van der Waals surface area contributed by atoms with Crippen molar-refractivity contribution in [3.05, 3.63) is 0 Å². The zero-order valence-electron chi connectivity index (χ0n) is 18.9. The molecule has 0 saturated heterocycles. The van der Waals surface area contributed by atoms with Crippen molar-refractivity contribution in [2.45, 2.75) is 90.2 Å². The molecule has 9 nitrogen and oxygen atoms in total. The Hall–Kier alpha value is -1.68. The van der Waals surface area contributed by atoms with Crippen LogP contribution in [0.15, 0.2) is 0 Å². The molecule has 0 saturated carbocycles. The number of carbonyl (C=O) groups is 3. The quantitative estimate of drug-likeness (QED) is 0.129. The second kappa shape index (κ2) is 16.9. The van der Waals surface area contributed by atoms with Gasteiger partial charge in [-0.05, 0) is 19.3 Å². The van der Waals surface area contributed by atoms with Gasteiger partial charge in [0.25, 0.3) is 0 Å². The lowest BCUT2D eigenvalue weighted by molar-refractivity contribution is -0.159. The first-order valence-corrected chi connectivity index (χ1v) is 12.6. The summed E-state index contributed by atoms with van der Waals surface area (Å²) in [5, 5.41) is -2.36. The lowest BCUT2D eigenvalue weighted by Gasteiger charge is -2.26. The maximum Gasteiger partial charge on any atom is 0.324 e. The number of hydrogen-bond donors (Lipinski definition) is 0. The van der Waals surface area contributed by atoms with Crippen LogP contribution in [0.5, 0.6) is 0 Å². The van der Waals surface area contributed by atoms with Crippen molar-refractivity contribution in [3.63, 3.8) is 0 Å². The van der Waals surface area contributed by atoms with Crippen molar-refractivity contribution in [1.82, 2.24) is 0 Å². The van der Waals surface area contributed by atoms with Crippen molar-refractivity contribution in [3.8, 4) is 0 Å². The van der Waals surface area contributed by atoms with Crippen LogP contribution in [0.3, 0.4) is 0 Å². The van der Waals surface area contributed by atoms with Crippen molar-refractivity contribution in [2.24, 2.45) is 5.92 Å². The highest BCUT2D eigenvalue weighted by Gasteiger charge is 2.42. The molecule has 0 amide bonds. The first kappa shape index (κ1) is 29.3. The number of rotatable bonds is 18. The summed E-state index contributed by atoms with van der Waals surface area (Å²) in [5.41, 5.74) is 0. The van der Waals surface area contributed by atoms with Crippen molar-refractivity contribution in [2.75, 3.05) is 19.8 Å². The van der Waals surface area contributed by atoms with Crippen LogP contribution in [0.4, 0.5) is 0 Å². The van der Waals surface area contributed by atoms with Gasteiger partial charge in [0.15, 0.2) is 5.25 Å². The molecule has 0 fully saturated rings. The van der Waals surface area contributed by atoms with Gasteiger partial charge in [-0.1, -0.05) is 59.3 Å². The Morgan fingerprint density at radius 1 is 0.710 bits per heavy atom. The Morgan fingerprint density at radius 3 is 1.55 bits per heavy atom. The molecule has 2 unspecified atom stereocenters. The number of carbonyl (C=O) groups excluding carboxylic acids is 3. The summed E-state index contributed by atoms with van der Waals surface area (Å²) in [7, 11) is -5.29. The van der Waals surface area contributed by atoms with Crippen molar-refractivity contribution < 1.29 is 41.6 Å². The van der Waals surface area contributed by atoms with Crippen LogP contribution in [-0.2, 0) is 38.7 Å². The highest BCUT2D eigenvalue weighted by Crippen LogP contribution is 2.21. The Kier molecular flexibility index (Phi) is 16.0. The van der Waals surface area contributed by atoms with Crippen LogP contribution in [-0.4, -0.2) is 55.9 Å². The van der Waals surface area contributed by atoms with Gasteiger partial charge in [0.1, 0.15) is 10.1 Å². The van der Waals surface area contributed by atoms with Crippen LogP contribution in [0, 0.1) is 5.92 Å². The summed E-state index contributed by atoms with van der Waals surface area (Å²) in [6.45, 7) is 5.87. The first-order chi connectivity index (χ1) is 14.7. The Bertz CT molecular complexity index is 631. The van der Waals surface area contributed by atoms with E-state index >= 15 is 0 Å². The van der Waals surface area contributed by atoms with E-state index in [-0.39, 0.29) is 19.8 Å². The minimum Gasteiger partial charge on any atom is -0.747 e. The average Bonchev–Trinajstić information content (AvgIpc) is 2.70. The zero-order chi connectivity index (χ0) is 23.7. The number of unbranched alkanes of at least 4 members (excludes halogenated alkanes) is 6. The molecule has 0 rings (SSSR count). The van der Waals surface area contributed by atoms with Crippen LogP contribution >= 0.6 is 0 Å². The third kappa shape index (κ3) is 13.4. The van der Waals surface area contributed by atoms with E-state index in [1.807, 2.05) is 20.8 Å². The van der Waals surface area contributed by atoms with Crippen LogP contribution in [0.2, 0.25) is 0 Å². The highest BCUT2D eigenvalue weighted by atomic mass is 32.2. The van der Waals surface area contributed by atoms with Gasteiger partial charge in [0, 0.05) is 0 Å². The molecule has 0 aromatic rings. The molecule has 182 valence electrons. The number of esters is 3. The van der Waals surface area contributed by atoms with E-state index in [1.165, 1.54) is 0 Å². The van der Waals surface area contributed by atoms with E-state index in [2.05, 4.69) is 0 Å². The van der Waals surface area contributed by atoms with E-state index in [0.29, 0.717) is 19.3 Å². The van der Waals surface area contributed by atoms with E-state index in [0.717, 1.165) is 38.5 Å². The summed E-state index contributed by atoms with van der Waals surface area (Å²) in [5.74, 6) is -5.14. The van der Waals surface area contributed by atoms with Crippen LogP contribution < -0.4 is 0 Å². The Labute approximate surface area is 185 Å². The second-order valence-electron chi connectivity index (χ2n) is 7.40. The smallest absolute Gasteiger partial charge is 0.324 e. The molecule has 0 aromatic carbocycles. The van der Waals surface area contributed by atoms with E-state index in [9.17, 15) is 27.4 Å². The van der Waals surface area contributed by atoms with E-state index in [1.54, 1.807) is 0 Å². The van der Waals surface area contributed by atoms with Crippen LogP contribution in [0.25, 0.3) is 0 Å². The molecule has 0 aromatic heterocycles. The molecule has 10 heteroatoms. The fraction of sp³-hybridized carbons (Fsp3) is 0.857. The van der Waals surface area contributed by atoms with Gasteiger partial charge in [0.2, 0.25) is 0 Å². The zero-order valence-corrected chi connectivity index (χ0v) is 19.7. The molecule has 2 atom stereocenters. The molecular formula is C21H37O9S-. The fourth-order valence-electron chi connectivity index (χ4n) is 2.81. The number of ether oxygens (including phenoxy) is 3. The molecule has 0 N–H and O–H groups in total. The average molecular weight is 466 g/mol. The summed E-state index contributed by atoms with van der Waals surface area (Å²) in [4.78, 5) is 37.1. The third-order valence-electron chi connectivity index (χ3n) is 4.59. The van der Waals surface area contributed by atoms with Crippen molar-refractivity contribution >= 4 is 28.0 Å². The molecule has 0 aliphatic carbocycles. The normalized spacial score (nSPS) is 13.3. The van der Waals surface area contributed by atoms with Gasteiger partial charge in [0.05, 0.1) is 32.2 Å². The van der Waals surface area contributed by atoms with E-state index in [4.69, 9.17) is 14.2 Å². The maximum atomic E-state index is 12.5. The summed E-state index contributed by atoms with van der Waals surface area (Å²) >= 11 is 0. The van der Waals surface area contributed by atoms with Gasteiger partial charge < -0.3 is 18.8 Å². The van der Waals surface area contributed by atoms with Gasteiger partial charge in [-0.3, -0.25) is 14.4 Å². The van der Waals surface area contributed by atoms with Gasteiger partial charge >= 0.3 is 17.9 Å². The van der Waals surface area contributed by atoms with Crippen molar-refractivity contribution in [1.29, 1.82) is 0 Å². The van der Waals surface area contributed by atoms with Gasteiger partial charge in [-0.25, -0.2) is 8.42 Å².